The van der Waals surface area contributed by atoms with Crippen LogP contribution < -0.4 is 5.32 Å². The van der Waals surface area contributed by atoms with Gasteiger partial charge in [0.2, 0.25) is 0 Å². The number of hydrogen-bond donors (Lipinski definition) is 1. The molecular formula is C16H17BrFN. The summed E-state index contributed by atoms with van der Waals surface area (Å²) in [7, 11) is 0. The van der Waals surface area contributed by atoms with Gasteiger partial charge in [-0.2, -0.15) is 0 Å². The van der Waals surface area contributed by atoms with Crippen LogP contribution in [0.25, 0.3) is 0 Å². The predicted molar refractivity (Wildman–Crippen MR) is 80.7 cm³/mol. The van der Waals surface area contributed by atoms with Crippen molar-refractivity contribution in [2.24, 2.45) is 0 Å². The number of halogens is 2. The quantitative estimate of drug-likeness (QED) is 0.856. The van der Waals surface area contributed by atoms with Gasteiger partial charge >= 0.3 is 0 Å². The maximum absolute atomic E-state index is 13.2. The highest BCUT2D eigenvalue weighted by Gasteiger charge is 2.11. The molecule has 1 atom stereocenters. The van der Waals surface area contributed by atoms with Gasteiger partial charge in [0, 0.05) is 6.04 Å². The van der Waals surface area contributed by atoms with Crippen LogP contribution in [-0.4, -0.2) is 6.54 Å². The molecule has 0 aliphatic rings. The molecule has 0 aliphatic carbocycles. The van der Waals surface area contributed by atoms with Gasteiger partial charge in [-0.1, -0.05) is 43.3 Å². The first-order chi connectivity index (χ1) is 9.20. The number of likely N-dealkylation sites (N-methyl/N-ethyl adjacent to an activating group) is 1. The van der Waals surface area contributed by atoms with Crippen molar-refractivity contribution in [2.75, 3.05) is 6.54 Å². The molecular weight excluding hydrogens is 305 g/mol. The number of hydrogen-bond acceptors (Lipinski definition) is 1. The van der Waals surface area contributed by atoms with E-state index in [2.05, 4.69) is 40.3 Å². The molecule has 2 aromatic rings. The van der Waals surface area contributed by atoms with Crippen molar-refractivity contribution in [1.29, 1.82) is 0 Å². The second-order valence-corrected chi connectivity index (χ2v) is 5.33. The Bertz CT molecular complexity index is 528. The molecule has 0 saturated carbocycles. The van der Waals surface area contributed by atoms with Crippen molar-refractivity contribution in [3.63, 3.8) is 0 Å². The van der Waals surface area contributed by atoms with E-state index in [0.29, 0.717) is 4.47 Å². The van der Waals surface area contributed by atoms with E-state index in [1.54, 1.807) is 0 Å². The summed E-state index contributed by atoms with van der Waals surface area (Å²) in [6, 6.07) is 15.8. The first-order valence-corrected chi connectivity index (χ1v) is 7.22. The third-order valence-electron chi connectivity index (χ3n) is 3.08. The fraction of sp³-hybridized carbons (Fsp3) is 0.250. The highest BCUT2D eigenvalue weighted by atomic mass is 79.9. The second kappa shape index (κ2) is 6.83. The minimum absolute atomic E-state index is 0.219. The molecule has 0 aliphatic heterocycles. The van der Waals surface area contributed by atoms with Gasteiger partial charge in [-0.3, -0.25) is 0 Å². The Morgan fingerprint density at radius 2 is 1.89 bits per heavy atom. The molecule has 100 valence electrons. The van der Waals surface area contributed by atoms with Gasteiger partial charge in [0.25, 0.3) is 0 Å². The van der Waals surface area contributed by atoms with Crippen LogP contribution in [0.15, 0.2) is 53.0 Å². The molecule has 1 N–H and O–H groups in total. The zero-order chi connectivity index (χ0) is 13.7. The lowest BCUT2D eigenvalue weighted by Crippen LogP contribution is -2.22. The summed E-state index contributed by atoms with van der Waals surface area (Å²) in [6.45, 7) is 3.00. The molecule has 19 heavy (non-hydrogen) atoms. The molecule has 0 amide bonds. The lowest BCUT2D eigenvalue weighted by molar-refractivity contribution is 0.548. The molecule has 1 nitrogen and oxygen atoms in total. The minimum atomic E-state index is -0.219. The Morgan fingerprint density at radius 3 is 2.53 bits per heavy atom. The van der Waals surface area contributed by atoms with Crippen molar-refractivity contribution >= 4 is 15.9 Å². The van der Waals surface area contributed by atoms with Crippen LogP contribution in [0.2, 0.25) is 0 Å². The smallest absolute Gasteiger partial charge is 0.137 e. The molecule has 0 spiro atoms. The summed E-state index contributed by atoms with van der Waals surface area (Å²) in [5, 5.41) is 3.47. The topological polar surface area (TPSA) is 12.0 Å². The van der Waals surface area contributed by atoms with Crippen molar-refractivity contribution < 1.29 is 4.39 Å². The van der Waals surface area contributed by atoms with Crippen molar-refractivity contribution in [3.05, 3.63) is 69.9 Å². The standard InChI is InChI=1S/C16H17BrFN/c1-2-19-16(13-6-4-3-5-7-13)11-12-8-9-15(18)14(17)10-12/h3-10,16,19H,2,11H2,1H3. The molecule has 0 saturated heterocycles. The summed E-state index contributed by atoms with van der Waals surface area (Å²) in [5.74, 6) is -0.219. The van der Waals surface area contributed by atoms with Gasteiger partial charge in [0.05, 0.1) is 4.47 Å². The van der Waals surface area contributed by atoms with Crippen LogP contribution in [0.3, 0.4) is 0 Å². The van der Waals surface area contributed by atoms with E-state index in [-0.39, 0.29) is 11.9 Å². The average Bonchev–Trinajstić information content (AvgIpc) is 2.43. The van der Waals surface area contributed by atoms with E-state index in [9.17, 15) is 4.39 Å². The lowest BCUT2D eigenvalue weighted by Gasteiger charge is -2.18. The number of rotatable bonds is 5. The summed E-state index contributed by atoms with van der Waals surface area (Å²) in [4.78, 5) is 0. The Labute approximate surface area is 122 Å². The fourth-order valence-electron chi connectivity index (χ4n) is 2.14. The van der Waals surface area contributed by atoms with E-state index in [4.69, 9.17) is 0 Å². The SMILES string of the molecule is CCNC(Cc1ccc(F)c(Br)c1)c1ccccc1. The van der Waals surface area contributed by atoms with E-state index < -0.39 is 0 Å². The van der Waals surface area contributed by atoms with Gasteiger partial charge in [-0.05, 0) is 52.2 Å². The maximum Gasteiger partial charge on any atom is 0.137 e. The lowest BCUT2D eigenvalue weighted by atomic mass is 9.99. The van der Waals surface area contributed by atoms with Gasteiger partial charge in [0.15, 0.2) is 0 Å². The van der Waals surface area contributed by atoms with E-state index in [1.807, 2.05) is 30.3 Å². The second-order valence-electron chi connectivity index (χ2n) is 4.47. The third-order valence-corrected chi connectivity index (χ3v) is 3.68. The van der Waals surface area contributed by atoms with Crippen LogP contribution in [-0.2, 0) is 6.42 Å². The molecule has 3 heteroatoms. The van der Waals surface area contributed by atoms with Crippen LogP contribution in [0.5, 0.6) is 0 Å². The van der Waals surface area contributed by atoms with E-state index >= 15 is 0 Å². The molecule has 0 fully saturated rings. The highest BCUT2D eigenvalue weighted by molar-refractivity contribution is 9.10. The summed E-state index contributed by atoms with van der Waals surface area (Å²) in [6.07, 6.45) is 0.844. The fourth-order valence-corrected chi connectivity index (χ4v) is 2.57. The van der Waals surface area contributed by atoms with Crippen molar-refractivity contribution in [2.45, 2.75) is 19.4 Å². The van der Waals surface area contributed by atoms with Crippen LogP contribution in [0, 0.1) is 5.82 Å². The maximum atomic E-state index is 13.2. The first-order valence-electron chi connectivity index (χ1n) is 6.43. The molecule has 0 heterocycles. The van der Waals surface area contributed by atoms with Gasteiger partial charge in [-0.25, -0.2) is 4.39 Å². The largest absolute Gasteiger partial charge is 0.310 e. The Hall–Kier alpha value is -1.19. The van der Waals surface area contributed by atoms with Crippen molar-refractivity contribution in [1.82, 2.24) is 5.32 Å². The van der Waals surface area contributed by atoms with E-state index in [0.717, 1.165) is 18.5 Å². The monoisotopic (exact) mass is 321 g/mol. The zero-order valence-corrected chi connectivity index (χ0v) is 12.5. The Morgan fingerprint density at radius 1 is 1.16 bits per heavy atom. The molecule has 1 unspecified atom stereocenters. The zero-order valence-electron chi connectivity index (χ0n) is 10.9. The number of nitrogens with one attached hydrogen (secondary N) is 1. The van der Waals surface area contributed by atoms with Crippen LogP contribution >= 0.6 is 15.9 Å². The van der Waals surface area contributed by atoms with Crippen LogP contribution in [0.4, 0.5) is 4.39 Å². The third kappa shape index (κ3) is 3.88. The molecule has 2 rings (SSSR count). The normalized spacial score (nSPS) is 12.4. The highest BCUT2D eigenvalue weighted by Crippen LogP contribution is 2.22. The van der Waals surface area contributed by atoms with Crippen LogP contribution in [0.1, 0.15) is 24.1 Å². The van der Waals surface area contributed by atoms with Gasteiger partial charge < -0.3 is 5.32 Å². The summed E-state index contributed by atoms with van der Waals surface area (Å²) in [5.41, 5.74) is 2.37. The first kappa shape index (κ1) is 14.2. The van der Waals surface area contributed by atoms with Gasteiger partial charge in [-0.15, -0.1) is 0 Å². The molecule has 0 aromatic heterocycles. The predicted octanol–water partition coefficient (Wildman–Crippen LogP) is 4.48. The molecule has 0 radical (unpaired) electrons. The van der Waals surface area contributed by atoms with Gasteiger partial charge in [0.1, 0.15) is 5.82 Å². The minimum Gasteiger partial charge on any atom is -0.310 e. The Balaban J connectivity index is 2.19. The summed E-state index contributed by atoms with van der Waals surface area (Å²) < 4.78 is 13.8. The van der Waals surface area contributed by atoms with E-state index in [1.165, 1.54) is 11.6 Å². The van der Waals surface area contributed by atoms with Crippen molar-refractivity contribution in [3.8, 4) is 0 Å². The summed E-state index contributed by atoms with van der Waals surface area (Å²) >= 11 is 3.24. The number of benzene rings is 2. The molecule has 2 aromatic carbocycles. The molecule has 0 bridgehead atoms. The Kier molecular flexibility index (Phi) is 5.11. The average molecular weight is 322 g/mol.